The van der Waals surface area contributed by atoms with Crippen molar-refractivity contribution in [1.82, 2.24) is 10.6 Å². The van der Waals surface area contributed by atoms with Gasteiger partial charge in [0.1, 0.15) is 0 Å². The Bertz CT molecular complexity index is 405. The van der Waals surface area contributed by atoms with Crippen LogP contribution in [0.25, 0.3) is 0 Å². The fourth-order valence-corrected chi connectivity index (χ4v) is 2.89. The molecule has 2 N–H and O–H groups in total. The molecule has 1 atom stereocenters. The molecule has 0 radical (unpaired) electrons. The van der Waals surface area contributed by atoms with Crippen LogP contribution >= 0.6 is 12.4 Å². The van der Waals surface area contributed by atoms with Gasteiger partial charge in [-0.15, -0.1) is 12.4 Å². The maximum Gasteiger partial charge on any atom is 0.220 e. The average Bonchev–Trinajstić information content (AvgIpc) is 3.03. The van der Waals surface area contributed by atoms with Crippen LogP contribution < -0.4 is 10.6 Å². The maximum atomic E-state index is 11.7. The van der Waals surface area contributed by atoms with Crippen molar-refractivity contribution >= 4 is 18.3 Å². The van der Waals surface area contributed by atoms with Crippen molar-refractivity contribution < 1.29 is 4.79 Å². The van der Waals surface area contributed by atoms with Gasteiger partial charge in [-0.1, -0.05) is 36.8 Å². The van der Waals surface area contributed by atoms with Crippen LogP contribution in [0.4, 0.5) is 0 Å². The Morgan fingerprint density at radius 1 is 1.18 bits per heavy atom. The van der Waals surface area contributed by atoms with Gasteiger partial charge >= 0.3 is 0 Å². The van der Waals surface area contributed by atoms with E-state index in [1.807, 2.05) is 0 Å². The van der Waals surface area contributed by atoms with E-state index >= 15 is 0 Å². The number of nitrogens with one attached hydrogen (secondary N) is 2. The Morgan fingerprint density at radius 2 is 2.00 bits per heavy atom. The molecule has 3 nitrogen and oxygen atoms in total. The highest BCUT2D eigenvalue weighted by Gasteiger charge is 2.15. The van der Waals surface area contributed by atoms with Crippen LogP contribution in [0, 0.1) is 5.92 Å². The number of hydrogen-bond acceptors (Lipinski definition) is 2. The molecule has 4 heteroatoms. The van der Waals surface area contributed by atoms with Crippen molar-refractivity contribution in [3.63, 3.8) is 0 Å². The summed E-state index contributed by atoms with van der Waals surface area (Å²) in [5.41, 5.74) is 1.41. The zero-order chi connectivity index (χ0) is 14.8. The Balaban J connectivity index is 0.00000242. The lowest BCUT2D eigenvalue weighted by atomic mass is 10.0. The Hall–Kier alpha value is -1.06. The van der Waals surface area contributed by atoms with Crippen LogP contribution in [-0.2, 0) is 11.2 Å². The largest absolute Gasteiger partial charge is 0.356 e. The fourth-order valence-electron chi connectivity index (χ4n) is 2.89. The Kier molecular flexibility index (Phi) is 9.93. The molecule has 124 valence electrons. The lowest BCUT2D eigenvalue weighted by Gasteiger charge is -2.08. The van der Waals surface area contributed by atoms with E-state index in [9.17, 15) is 4.79 Å². The van der Waals surface area contributed by atoms with Gasteiger partial charge < -0.3 is 10.6 Å². The molecule has 1 aromatic rings. The number of aryl methyl sites for hydroxylation is 1. The van der Waals surface area contributed by atoms with Crippen molar-refractivity contribution in [2.75, 3.05) is 19.6 Å². The third-order valence-electron chi connectivity index (χ3n) is 4.25. The van der Waals surface area contributed by atoms with Crippen molar-refractivity contribution in [3.8, 4) is 0 Å². The minimum atomic E-state index is 0. The molecule has 1 aliphatic rings. The molecular weight excluding hydrogens is 296 g/mol. The minimum absolute atomic E-state index is 0. The molecule has 2 rings (SSSR count). The summed E-state index contributed by atoms with van der Waals surface area (Å²) in [6, 6.07) is 10.6. The van der Waals surface area contributed by atoms with Gasteiger partial charge in [0.2, 0.25) is 5.91 Å². The second-order valence-corrected chi connectivity index (χ2v) is 6.04. The molecule has 1 amide bonds. The Labute approximate surface area is 140 Å². The van der Waals surface area contributed by atoms with Gasteiger partial charge in [0.15, 0.2) is 0 Å². The number of unbranched alkanes of at least 4 members (excludes halogenated alkanes) is 2. The summed E-state index contributed by atoms with van der Waals surface area (Å²) < 4.78 is 0. The van der Waals surface area contributed by atoms with E-state index < -0.39 is 0 Å². The smallest absolute Gasteiger partial charge is 0.220 e. The second kappa shape index (κ2) is 11.5. The third-order valence-corrected chi connectivity index (χ3v) is 4.25. The standard InChI is InChI=1S/C18H28N2O.ClH/c21-18(11-10-17-12-14-19-15-17)20-13-6-2-5-9-16-7-3-1-4-8-16;/h1,3-4,7-8,17,19H,2,5-6,9-15H2,(H,20,21);1H. The summed E-state index contributed by atoms with van der Waals surface area (Å²) in [7, 11) is 0. The summed E-state index contributed by atoms with van der Waals surface area (Å²) in [6.07, 6.45) is 7.57. The third kappa shape index (κ3) is 7.81. The first-order valence-electron chi connectivity index (χ1n) is 8.36. The molecular formula is C18H29ClN2O. The van der Waals surface area contributed by atoms with E-state index in [1.54, 1.807) is 0 Å². The zero-order valence-electron chi connectivity index (χ0n) is 13.4. The van der Waals surface area contributed by atoms with Gasteiger partial charge in [-0.3, -0.25) is 4.79 Å². The van der Waals surface area contributed by atoms with E-state index in [-0.39, 0.29) is 18.3 Å². The summed E-state index contributed by atoms with van der Waals surface area (Å²) in [5, 5.41) is 6.39. The van der Waals surface area contributed by atoms with Gasteiger partial charge in [-0.05, 0) is 56.7 Å². The second-order valence-electron chi connectivity index (χ2n) is 6.04. The minimum Gasteiger partial charge on any atom is -0.356 e. The molecule has 0 spiro atoms. The number of halogens is 1. The number of amides is 1. The molecule has 0 bridgehead atoms. The SMILES string of the molecule is Cl.O=C(CCC1CCNC1)NCCCCCc1ccccc1. The lowest BCUT2D eigenvalue weighted by Crippen LogP contribution is -2.25. The van der Waals surface area contributed by atoms with E-state index in [0.29, 0.717) is 12.3 Å². The maximum absolute atomic E-state index is 11.7. The Morgan fingerprint density at radius 3 is 2.73 bits per heavy atom. The number of hydrogen-bond donors (Lipinski definition) is 2. The predicted molar refractivity (Wildman–Crippen MR) is 94.5 cm³/mol. The van der Waals surface area contributed by atoms with E-state index in [2.05, 4.69) is 41.0 Å². The van der Waals surface area contributed by atoms with Gasteiger partial charge in [0, 0.05) is 13.0 Å². The first kappa shape index (κ1) is 19.0. The summed E-state index contributed by atoms with van der Waals surface area (Å²) in [4.78, 5) is 11.7. The van der Waals surface area contributed by atoms with Gasteiger partial charge in [-0.2, -0.15) is 0 Å². The molecule has 1 fully saturated rings. The van der Waals surface area contributed by atoms with Gasteiger partial charge in [0.05, 0.1) is 0 Å². The number of benzene rings is 1. The van der Waals surface area contributed by atoms with Crippen LogP contribution in [0.3, 0.4) is 0 Å². The summed E-state index contributed by atoms with van der Waals surface area (Å²) >= 11 is 0. The van der Waals surface area contributed by atoms with Gasteiger partial charge in [0.25, 0.3) is 0 Å². The molecule has 0 aromatic heterocycles. The van der Waals surface area contributed by atoms with E-state index in [1.165, 1.54) is 24.8 Å². The lowest BCUT2D eigenvalue weighted by molar-refractivity contribution is -0.121. The van der Waals surface area contributed by atoms with E-state index in [4.69, 9.17) is 0 Å². The predicted octanol–water partition coefficient (Wildman–Crippen LogP) is 3.33. The fraction of sp³-hybridized carbons (Fsp3) is 0.611. The highest BCUT2D eigenvalue weighted by atomic mass is 35.5. The molecule has 1 unspecified atom stereocenters. The van der Waals surface area contributed by atoms with Crippen molar-refractivity contribution in [2.45, 2.75) is 44.9 Å². The van der Waals surface area contributed by atoms with Crippen LogP contribution in [0.15, 0.2) is 30.3 Å². The quantitative estimate of drug-likeness (QED) is 0.684. The average molecular weight is 325 g/mol. The normalized spacial score (nSPS) is 17.0. The van der Waals surface area contributed by atoms with Crippen molar-refractivity contribution in [1.29, 1.82) is 0 Å². The van der Waals surface area contributed by atoms with Gasteiger partial charge in [-0.25, -0.2) is 0 Å². The van der Waals surface area contributed by atoms with Crippen LogP contribution in [-0.4, -0.2) is 25.5 Å². The monoisotopic (exact) mass is 324 g/mol. The zero-order valence-corrected chi connectivity index (χ0v) is 14.2. The molecule has 1 heterocycles. The molecule has 22 heavy (non-hydrogen) atoms. The number of rotatable bonds is 9. The van der Waals surface area contributed by atoms with Crippen LogP contribution in [0.2, 0.25) is 0 Å². The number of carbonyl (C=O) groups is 1. The molecule has 1 aromatic carbocycles. The summed E-state index contributed by atoms with van der Waals surface area (Å²) in [5.74, 6) is 0.937. The van der Waals surface area contributed by atoms with Crippen LogP contribution in [0.5, 0.6) is 0 Å². The topological polar surface area (TPSA) is 41.1 Å². The highest BCUT2D eigenvalue weighted by Crippen LogP contribution is 2.13. The number of carbonyl (C=O) groups excluding carboxylic acids is 1. The van der Waals surface area contributed by atoms with Crippen molar-refractivity contribution in [2.24, 2.45) is 5.92 Å². The molecule has 1 saturated heterocycles. The first-order valence-corrected chi connectivity index (χ1v) is 8.36. The van der Waals surface area contributed by atoms with Crippen LogP contribution in [0.1, 0.15) is 44.1 Å². The summed E-state index contributed by atoms with van der Waals surface area (Å²) in [6.45, 7) is 3.04. The highest BCUT2D eigenvalue weighted by molar-refractivity contribution is 5.85. The molecule has 0 saturated carbocycles. The molecule has 0 aliphatic carbocycles. The molecule has 1 aliphatic heterocycles. The first-order chi connectivity index (χ1) is 10.3. The van der Waals surface area contributed by atoms with Crippen molar-refractivity contribution in [3.05, 3.63) is 35.9 Å². The van der Waals surface area contributed by atoms with E-state index in [0.717, 1.165) is 38.9 Å².